The van der Waals surface area contributed by atoms with Gasteiger partial charge in [-0.15, -0.1) is 0 Å². The molecule has 0 amide bonds. The van der Waals surface area contributed by atoms with Crippen LogP contribution in [0, 0.1) is 0 Å². The highest BCUT2D eigenvalue weighted by molar-refractivity contribution is 9.09. The van der Waals surface area contributed by atoms with Gasteiger partial charge in [0.15, 0.2) is 0 Å². The molecular weight excluding hydrogens is 256 g/mol. The van der Waals surface area contributed by atoms with E-state index in [1.165, 1.54) is 0 Å². The van der Waals surface area contributed by atoms with Crippen LogP contribution in [0.5, 0.6) is 0 Å². The van der Waals surface area contributed by atoms with Gasteiger partial charge in [-0.05, 0) is 11.6 Å². The molecule has 0 bridgehead atoms. The maximum atomic E-state index is 10.5. The molecule has 0 spiro atoms. The van der Waals surface area contributed by atoms with Crippen LogP contribution in [0.1, 0.15) is 11.1 Å². The summed E-state index contributed by atoms with van der Waals surface area (Å²) < 4.78 is 5.00. The minimum Gasteiger partial charge on any atom is -0.472 e. The number of aliphatic hydroxyl groups is 1. The number of benzene rings is 1. The predicted octanol–water partition coefficient (Wildman–Crippen LogP) is 2.91. The van der Waals surface area contributed by atoms with Crippen LogP contribution in [0.4, 0.5) is 0 Å². The van der Waals surface area contributed by atoms with Crippen molar-refractivity contribution >= 4 is 15.9 Å². The van der Waals surface area contributed by atoms with E-state index in [0.29, 0.717) is 5.33 Å². The molecule has 1 aromatic heterocycles. The molecule has 0 aliphatic rings. The third-order valence-electron chi connectivity index (χ3n) is 2.44. The van der Waals surface area contributed by atoms with E-state index >= 15 is 0 Å². The maximum Gasteiger partial charge on any atom is 0.127 e. The molecule has 1 heterocycles. The largest absolute Gasteiger partial charge is 0.472 e. The Labute approximate surface area is 96.7 Å². The van der Waals surface area contributed by atoms with E-state index < -0.39 is 5.60 Å². The molecule has 2 rings (SSSR count). The minimum absolute atomic E-state index is 0.434. The maximum absolute atomic E-state index is 10.5. The van der Waals surface area contributed by atoms with Gasteiger partial charge < -0.3 is 9.52 Å². The Morgan fingerprint density at radius 2 is 1.87 bits per heavy atom. The zero-order valence-corrected chi connectivity index (χ0v) is 9.65. The molecule has 1 aromatic carbocycles. The van der Waals surface area contributed by atoms with Gasteiger partial charge in [-0.1, -0.05) is 46.3 Å². The number of furan rings is 1. The molecule has 1 atom stereocenters. The molecule has 1 N–H and O–H groups in total. The lowest BCUT2D eigenvalue weighted by molar-refractivity contribution is 0.108. The lowest BCUT2D eigenvalue weighted by Gasteiger charge is -2.25. The molecule has 0 aliphatic carbocycles. The molecule has 0 radical (unpaired) electrons. The topological polar surface area (TPSA) is 33.4 Å². The molecule has 0 saturated carbocycles. The highest BCUT2D eigenvalue weighted by Gasteiger charge is 2.31. The number of halogens is 1. The van der Waals surface area contributed by atoms with Gasteiger partial charge in [-0.3, -0.25) is 0 Å². The average molecular weight is 267 g/mol. The summed E-state index contributed by atoms with van der Waals surface area (Å²) in [7, 11) is 0. The summed E-state index contributed by atoms with van der Waals surface area (Å²) in [6.45, 7) is 0. The van der Waals surface area contributed by atoms with Crippen molar-refractivity contribution in [2.75, 3.05) is 5.33 Å². The van der Waals surface area contributed by atoms with Crippen LogP contribution >= 0.6 is 15.9 Å². The second kappa shape index (κ2) is 4.21. The first-order valence-electron chi connectivity index (χ1n) is 4.64. The quantitative estimate of drug-likeness (QED) is 0.867. The molecule has 15 heavy (non-hydrogen) atoms. The Morgan fingerprint density at radius 1 is 1.13 bits per heavy atom. The fourth-order valence-corrected chi connectivity index (χ4v) is 2.18. The van der Waals surface area contributed by atoms with Gasteiger partial charge in [0.1, 0.15) is 5.60 Å². The SMILES string of the molecule is O[C@@](CBr)(c1ccccc1)c1ccoc1. The fourth-order valence-electron chi connectivity index (χ4n) is 1.53. The monoisotopic (exact) mass is 266 g/mol. The Hall–Kier alpha value is -1.06. The summed E-state index contributed by atoms with van der Waals surface area (Å²) in [6.07, 6.45) is 3.13. The predicted molar refractivity (Wildman–Crippen MR) is 61.9 cm³/mol. The van der Waals surface area contributed by atoms with Crippen molar-refractivity contribution in [3.05, 3.63) is 60.1 Å². The third kappa shape index (κ3) is 1.85. The van der Waals surface area contributed by atoms with Gasteiger partial charge >= 0.3 is 0 Å². The molecule has 0 aliphatic heterocycles. The van der Waals surface area contributed by atoms with Crippen LogP contribution in [0.25, 0.3) is 0 Å². The first-order valence-corrected chi connectivity index (χ1v) is 5.76. The molecule has 2 aromatic rings. The minimum atomic E-state index is -1.02. The van der Waals surface area contributed by atoms with Crippen LogP contribution in [-0.2, 0) is 5.60 Å². The van der Waals surface area contributed by atoms with Gasteiger partial charge in [-0.25, -0.2) is 0 Å². The summed E-state index contributed by atoms with van der Waals surface area (Å²) in [6, 6.07) is 11.3. The van der Waals surface area contributed by atoms with Gasteiger partial charge in [0.05, 0.1) is 12.5 Å². The van der Waals surface area contributed by atoms with Crippen LogP contribution in [0.2, 0.25) is 0 Å². The summed E-state index contributed by atoms with van der Waals surface area (Å²) in [5.74, 6) is 0. The van der Waals surface area contributed by atoms with Crippen molar-refractivity contribution in [1.29, 1.82) is 0 Å². The zero-order chi connectivity index (χ0) is 10.7. The van der Waals surface area contributed by atoms with E-state index in [2.05, 4.69) is 15.9 Å². The Bertz CT molecular complexity index is 410. The summed E-state index contributed by atoms with van der Waals surface area (Å²) >= 11 is 3.34. The Kier molecular flexibility index (Phi) is 2.93. The summed E-state index contributed by atoms with van der Waals surface area (Å²) in [5, 5.41) is 11.0. The number of alkyl halides is 1. The highest BCUT2D eigenvalue weighted by Crippen LogP contribution is 2.31. The molecule has 78 valence electrons. The molecule has 0 unspecified atom stereocenters. The second-order valence-electron chi connectivity index (χ2n) is 3.37. The van der Waals surface area contributed by atoms with E-state index in [1.54, 1.807) is 18.6 Å². The van der Waals surface area contributed by atoms with Gasteiger partial charge in [0.2, 0.25) is 0 Å². The van der Waals surface area contributed by atoms with Crippen molar-refractivity contribution in [3.8, 4) is 0 Å². The van der Waals surface area contributed by atoms with E-state index in [9.17, 15) is 5.11 Å². The van der Waals surface area contributed by atoms with Crippen molar-refractivity contribution in [2.24, 2.45) is 0 Å². The van der Waals surface area contributed by atoms with Crippen molar-refractivity contribution in [2.45, 2.75) is 5.60 Å². The van der Waals surface area contributed by atoms with Gasteiger partial charge in [0, 0.05) is 10.9 Å². The fraction of sp³-hybridized carbons (Fsp3) is 0.167. The van der Waals surface area contributed by atoms with E-state index in [-0.39, 0.29) is 0 Å². The van der Waals surface area contributed by atoms with Crippen LogP contribution < -0.4 is 0 Å². The van der Waals surface area contributed by atoms with Crippen molar-refractivity contribution < 1.29 is 9.52 Å². The van der Waals surface area contributed by atoms with Crippen molar-refractivity contribution in [3.63, 3.8) is 0 Å². The zero-order valence-electron chi connectivity index (χ0n) is 8.06. The van der Waals surface area contributed by atoms with Crippen LogP contribution in [0.15, 0.2) is 53.3 Å². The number of hydrogen-bond acceptors (Lipinski definition) is 2. The lowest BCUT2D eigenvalue weighted by atomic mass is 9.90. The Balaban J connectivity index is 2.47. The average Bonchev–Trinajstić information content (AvgIpc) is 2.83. The summed E-state index contributed by atoms with van der Waals surface area (Å²) in [4.78, 5) is 0. The Morgan fingerprint density at radius 3 is 2.40 bits per heavy atom. The van der Waals surface area contributed by atoms with Crippen LogP contribution in [-0.4, -0.2) is 10.4 Å². The number of rotatable bonds is 3. The number of hydrogen-bond donors (Lipinski definition) is 1. The first kappa shape index (κ1) is 10.5. The van der Waals surface area contributed by atoms with Gasteiger partial charge in [-0.2, -0.15) is 0 Å². The highest BCUT2D eigenvalue weighted by atomic mass is 79.9. The normalized spacial score (nSPS) is 14.8. The third-order valence-corrected chi connectivity index (χ3v) is 3.25. The molecule has 3 heteroatoms. The van der Waals surface area contributed by atoms with Crippen molar-refractivity contribution in [1.82, 2.24) is 0 Å². The van der Waals surface area contributed by atoms with E-state index in [4.69, 9.17) is 4.42 Å². The van der Waals surface area contributed by atoms with E-state index in [1.807, 2.05) is 30.3 Å². The van der Waals surface area contributed by atoms with Crippen LogP contribution in [0.3, 0.4) is 0 Å². The van der Waals surface area contributed by atoms with Gasteiger partial charge in [0.25, 0.3) is 0 Å². The van der Waals surface area contributed by atoms with E-state index in [0.717, 1.165) is 11.1 Å². The molecule has 2 nitrogen and oxygen atoms in total. The molecule has 0 fully saturated rings. The smallest absolute Gasteiger partial charge is 0.127 e. The molecule has 0 saturated heterocycles. The standard InChI is InChI=1S/C12H11BrO2/c13-9-12(14,11-6-7-15-8-11)10-4-2-1-3-5-10/h1-8,14H,9H2/t12-/m0/s1. The summed E-state index contributed by atoms with van der Waals surface area (Å²) in [5.41, 5.74) is 0.586. The second-order valence-corrected chi connectivity index (χ2v) is 3.93. The first-order chi connectivity index (χ1) is 7.27. The lowest BCUT2D eigenvalue weighted by Crippen LogP contribution is -2.28. The molecular formula is C12H11BrO2.